The number of carbonyl (C=O) groups is 1. The van der Waals surface area contributed by atoms with Gasteiger partial charge < -0.3 is 9.67 Å². The lowest BCUT2D eigenvalue weighted by molar-refractivity contribution is 0.0699. The van der Waals surface area contributed by atoms with Crippen molar-refractivity contribution >= 4 is 28.6 Å². The van der Waals surface area contributed by atoms with Crippen molar-refractivity contribution in [2.75, 3.05) is 0 Å². The summed E-state index contributed by atoms with van der Waals surface area (Å²) in [6.45, 7) is 0. The number of aromatic carboxylic acids is 1. The largest absolute Gasteiger partial charge is 0.478 e. The zero-order valence-corrected chi connectivity index (χ0v) is 8.12. The number of carboxylic acids is 1. The number of rotatable bonds is 1. The standard InChI is InChI=1S/C9H7ClN2O2/c1-12-3-2-5-7(9(13)14)6(10)4-11-8(5)12/h2-4H,1H3,(H,13,14). The summed E-state index contributed by atoms with van der Waals surface area (Å²) in [6, 6.07) is 1.69. The van der Waals surface area contributed by atoms with Gasteiger partial charge in [0.05, 0.1) is 10.6 Å². The van der Waals surface area contributed by atoms with Crippen molar-refractivity contribution in [3.8, 4) is 0 Å². The summed E-state index contributed by atoms with van der Waals surface area (Å²) in [7, 11) is 1.80. The molecule has 14 heavy (non-hydrogen) atoms. The predicted molar refractivity (Wildman–Crippen MR) is 52.7 cm³/mol. The first kappa shape index (κ1) is 9.02. The number of pyridine rings is 1. The van der Waals surface area contributed by atoms with E-state index in [1.807, 2.05) is 0 Å². The van der Waals surface area contributed by atoms with Crippen LogP contribution in [0.5, 0.6) is 0 Å². The summed E-state index contributed by atoms with van der Waals surface area (Å²) in [4.78, 5) is 15.0. The molecule has 0 saturated heterocycles. The molecule has 1 N–H and O–H groups in total. The van der Waals surface area contributed by atoms with E-state index in [2.05, 4.69) is 4.98 Å². The van der Waals surface area contributed by atoms with E-state index in [1.54, 1.807) is 23.9 Å². The molecule has 2 rings (SSSR count). The van der Waals surface area contributed by atoms with Crippen molar-refractivity contribution in [1.29, 1.82) is 0 Å². The third kappa shape index (κ3) is 1.15. The highest BCUT2D eigenvalue weighted by Gasteiger charge is 2.15. The molecule has 0 radical (unpaired) electrons. The first-order valence-corrected chi connectivity index (χ1v) is 4.32. The summed E-state index contributed by atoms with van der Waals surface area (Å²) in [5.41, 5.74) is 0.726. The SMILES string of the molecule is Cn1ccc2c(C(=O)O)c(Cl)cnc21. The van der Waals surface area contributed by atoms with Crippen LogP contribution in [0.1, 0.15) is 10.4 Å². The van der Waals surface area contributed by atoms with E-state index in [9.17, 15) is 4.79 Å². The number of hydrogen-bond donors (Lipinski definition) is 1. The van der Waals surface area contributed by atoms with E-state index < -0.39 is 5.97 Å². The summed E-state index contributed by atoms with van der Waals surface area (Å²) < 4.78 is 1.75. The predicted octanol–water partition coefficient (Wildman–Crippen LogP) is 1.92. The van der Waals surface area contributed by atoms with E-state index in [4.69, 9.17) is 16.7 Å². The van der Waals surface area contributed by atoms with E-state index in [1.165, 1.54) is 6.20 Å². The minimum Gasteiger partial charge on any atom is -0.478 e. The summed E-state index contributed by atoms with van der Waals surface area (Å²) >= 11 is 5.75. The van der Waals surface area contributed by atoms with Crippen molar-refractivity contribution in [1.82, 2.24) is 9.55 Å². The van der Waals surface area contributed by atoms with Gasteiger partial charge >= 0.3 is 5.97 Å². The summed E-state index contributed by atoms with van der Waals surface area (Å²) in [5, 5.41) is 9.68. The molecule has 0 aromatic carbocycles. The number of carboxylic acid groups (broad SMARTS) is 1. The van der Waals surface area contributed by atoms with Gasteiger partial charge in [-0.25, -0.2) is 9.78 Å². The zero-order valence-electron chi connectivity index (χ0n) is 7.36. The van der Waals surface area contributed by atoms with Gasteiger partial charge in [-0.1, -0.05) is 11.6 Å². The minimum atomic E-state index is -1.03. The molecular formula is C9H7ClN2O2. The molecule has 0 aliphatic carbocycles. The van der Waals surface area contributed by atoms with Crippen LogP contribution < -0.4 is 0 Å². The van der Waals surface area contributed by atoms with Gasteiger partial charge in [0.1, 0.15) is 5.65 Å². The molecular weight excluding hydrogens is 204 g/mol. The van der Waals surface area contributed by atoms with Gasteiger partial charge in [-0.05, 0) is 6.07 Å². The lowest BCUT2D eigenvalue weighted by Crippen LogP contribution is -2.00. The molecule has 2 aromatic heterocycles. The number of halogens is 1. The second kappa shape index (κ2) is 2.99. The van der Waals surface area contributed by atoms with Crippen LogP contribution in [0.2, 0.25) is 5.02 Å². The highest BCUT2D eigenvalue weighted by Crippen LogP contribution is 2.24. The van der Waals surface area contributed by atoms with E-state index in [0.29, 0.717) is 11.0 Å². The van der Waals surface area contributed by atoms with Crippen LogP contribution in [-0.4, -0.2) is 20.6 Å². The van der Waals surface area contributed by atoms with Crippen LogP contribution in [0, 0.1) is 0 Å². The average Bonchev–Trinajstić information content (AvgIpc) is 2.47. The first-order chi connectivity index (χ1) is 6.61. The fraction of sp³-hybridized carbons (Fsp3) is 0.111. The van der Waals surface area contributed by atoms with E-state index in [-0.39, 0.29) is 10.6 Å². The molecule has 0 fully saturated rings. The quantitative estimate of drug-likeness (QED) is 0.783. The summed E-state index contributed by atoms with van der Waals surface area (Å²) in [5.74, 6) is -1.03. The van der Waals surface area contributed by atoms with Gasteiger partial charge in [-0.2, -0.15) is 0 Å². The van der Waals surface area contributed by atoms with Crippen molar-refractivity contribution < 1.29 is 9.90 Å². The highest BCUT2D eigenvalue weighted by molar-refractivity contribution is 6.34. The number of aromatic nitrogens is 2. The molecule has 0 aliphatic heterocycles. The van der Waals surface area contributed by atoms with Crippen LogP contribution in [-0.2, 0) is 7.05 Å². The van der Waals surface area contributed by atoms with Gasteiger partial charge in [0.2, 0.25) is 0 Å². The molecule has 72 valence electrons. The highest BCUT2D eigenvalue weighted by atomic mass is 35.5. The molecule has 2 heterocycles. The Morgan fingerprint density at radius 1 is 1.64 bits per heavy atom. The van der Waals surface area contributed by atoms with E-state index in [0.717, 1.165) is 0 Å². The first-order valence-electron chi connectivity index (χ1n) is 3.94. The third-order valence-corrected chi connectivity index (χ3v) is 2.35. The van der Waals surface area contributed by atoms with Gasteiger partial charge in [-0.15, -0.1) is 0 Å². The molecule has 0 saturated carbocycles. The molecule has 2 aromatic rings. The van der Waals surface area contributed by atoms with Gasteiger partial charge in [-0.3, -0.25) is 0 Å². The lowest BCUT2D eigenvalue weighted by Gasteiger charge is -2.00. The molecule has 0 aliphatic rings. The monoisotopic (exact) mass is 210 g/mol. The molecule has 0 bridgehead atoms. The fourth-order valence-corrected chi connectivity index (χ4v) is 1.64. The second-order valence-electron chi connectivity index (χ2n) is 2.95. The number of nitrogens with zero attached hydrogens (tertiary/aromatic N) is 2. The van der Waals surface area contributed by atoms with Gasteiger partial charge in [0.25, 0.3) is 0 Å². The van der Waals surface area contributed by atoms with Crippen molar-refractivity contribution in [3.63, 3.8) is 0 Å². The maximum absolute atomic E-state index is 10.9. The van der Waals surface area contributed by atoms with Crippen LogP contribution >= 0.6 is 11.6 Å². The Balaban J connectivity index is 2.90. The Labute approximate surface area is 84.7 Å². The van der Waals surface area contributed by atoms with Crippen LogP contribution in [0.3, 0.4) is 0 Å². The van der Waals surface area contributed by atoms with E-state index >= 15 is 0 Å². The second-order valence-corrected chi connectivity index (χ2v) is 3.36. The van der Waals surface area contributed by atoms with Gasteiger partial charge in [0, 0.05) is 24.8 Å². The van der Waals surface area contributed by atoms with Crippen LogP contribution in [0.25, 0.3) is 11.0 Å². The van der Waals surface area contributed by atoms with Crippen LogP contribution in [0.4, 0.5) is 0 Å². The van der Waals surface area contributed by atoms with Gasteiger partial charge in [0.15, 0.2) is 0 Å². The van der Waals surface area contributed by atoms with Crippen molar-refractivity contribution in [2.24, 2.45) is 7.05 Å². The Kier molecular flexibility index (Phi) is 1.93. The minimum absolute atomic E-state index is 0.109. The molecule has 0 atom stereocenters. The maximum atomic E-state index is 10.9. The van der Waals surface area contributed by atoms with Crippen molar-refractivity contribution in [2.45, 2.75) is 0 Å². The Bertz CT molecular complexity index is 519. The maximum Gasteiger partial charge on any atom is 0.338 e. The average molecular weight is 211 g/mol. The topological polar surface area (TPSA) is 55.1 Å². The zero-order chi connectivity index (χ0) is 10.3. The smallest absolute Gasteiger partial charge is 0.338 e. The molecule has 0 amide bonds. The Morgan fingerprint density at radius 2 is 2.36 bits per heavy atom. The Morgan fingerprint density at radius 3 is 3.00 bits per heavy atom. The third-order valence-electron chi connectivity index (χ3n) is 2.06. The lowest BCUT2D eigenvalue weighted by atomic mass is 10.2. The van der Waals surface area contributed by atoms with Crippen molar-refractivity contribution in [3.05, 3.63) is 29.0 Å². The molecule has 0 spiro atoms. The fourth-order valence-electron chi connectivity index (χ4n) is 1.41. The normalized spacial score (nSPS) is 10.7. The number of hydrogen-bond acceptors (Lipinski definition) is 2. The number of aryl methyl sites for hydroxylation is 1. The molecule has 4 nitrogen and oxygen atoms in total. The number of fused-ring (bicyclic) bond motifs is 1. The Hall–Kier alpha value is -1.55. The van der Waals surface area contributed by atoms with Crippen LogP contribution in [0.15, 0.2) is 18.5 Å². The molecule has 5 heteroatoms. The molecule has 0 unspecified atom stereocenters. The summed E-state index contributed by atoms with van der Waals surface area (Å²) in [6.07, 6.45) is 3.10.